The maximum atomic E-state index is 8.76. The Bertz CT molecular complexity index is 481. The largest absolute Gasteiger partial charge is 0.496 e. The highest BCUT2D eigenvalue weighted by Gasteiger charge is 2.15. The van der Waals surface area contributed by atoms with Crippen LogP contribution in [0.15, 0.2) is 18.2 Å². The summed E-state index contributed by atoms with van der Waals surface area (Å²) < 4.78 is 5.42. The van der Waals surface area contributed by atoms with Gasteiger partial charge in [-0.3, -0.25) is 0 Å². The highest BCUT2D eigenvalue weighted by atomic mass is 32.2. The molecule has 2 rings (SSSR count). The van der Waals surface area contributed by atoms with Crippen molar-refractivity contribution in [3.8, 4) is 17.6 Å². The van der Waals surface area contributed by atoms with Crippen molar-refractivity contribution in [3.63, 3.8) is 0 Å². The van der Waals surface area contributed by atoms with Crippen molar-refractivity contribution >= 4 is 11.8 Å². The van der Waals surface area contributed by atoms with E-state index in [4.69, 9.17) is 9.84 Å². The molecule has 0 unspecified atom stereocenters. The van der Waals surface area contributed by atoms with Crippen molar-refractivity contribution in [3.05, 3.63) is 29.3 Å². The number of hydrogen-bond acceptors (Lipinski definition) is 3. The first-order valence-electron chi connectivity index (χ1n) is 7.18. The van der Waals surface area contributed by atoms with Gasteiger partial charge in [0.15, 0.2) is 0 Å². The minimum atomic E-state index is -0.0994. The summed E-state index contributed by atoms with van der Waals surface area (Å²) in [6.07, 6.45) is 5.60. The summed E-state index contributed by atoms with van der Waals surface area (Å²) in [5.41, 5.74) is 2.14. The van der Waals surface area contributed by atoms with Gasteiger partial charge in [-0.2, -0.15) is 11.8 Å². The lowest BCUT2D eigenvalue weighted by Gasteiger charge is -2.11. The molecule has 0 spiro atoms. The molecule has 0 bridgehead atoms. The van der Waals surface area contributed by atoms with Gasteiger partial charge in [-0.1, -0.05) is 24.7 Å². The minimum Gasteiger partial charge on any atom is -0.496 e. The predicted octanol–water partition coefficient (Wildman–Crippen LogP) is 3.46. The summed E-state index contributed by atoms with van der Waals surface area (Å²) in [6, 6.07) is 5.97. The minimum absolute atomic E-state index is 0.0994. The predicted molar refractivity (Wildman–Crippen MR) is 85.1 cm³/mol. The smallest absolute Gasteiger partial charge is 0.122 e. The van der Waals surface area contributed by atoms with E-state index in [2.05, 4.69) is 17.9 Å². The number of benzene rings is 1. The number of methoxy groups -OCH3 is 1. The van der Waals surface area contributed by atoms with E-state index in [1.165, 1.54) is 37.0 Å². The van der Waals surface area contributed by atoms with E-state index in [-0.39, 0.29) is 6.61 Å². The average molecular weight is 290 g/mol. The van der Waals surface area contributed by atoms with E-state index in [1.54, 1.807) is 7.11 Å². The van der Waals surface area contributed by atoms with Gasteiger partial charge >= 0.3 is 0 Å². The second-order valence-electron chi connectivity index (χ2n) is 5.15. The van der Waals surface area contributed by atoms with Crippen LogP contribution in [0.2, 0.25) is 0 Å². The van der Waals surface area contributed by atoms with Gasteiger partial charge in [0.25, 0.3) is 0 Å². The zero-order chi connectivity index (χ0) is 14.2. The fraction of sp³-hybridized carbons (Fsp3) is 0.529. The maximum absolute atomic E-state index is 8.76. The van der Waals surface area contributed by atoms with E-state index in [1.807, 2.05) is 23.9 Å². The first-order chi connectivity index (χ1) is 9.83. The van der Waals surface area contributed by atoms with Crippen molar-refractivity contribution in [2.45, 2.75) is 31.4 Å². The number of aliphatic hydroxyl groups is 1. The van der Waals surface area contributed by atoms with Crippen LogP contribution in [0.3, 0.4) is 0 Å². The summed E-state index contributed by atoms with van der Waals surface area (Å²) in [6.45, 7) is -0.0994. The molecular formula is C17H22O2S. The van der Waals surface area contributed by atoms with Crippen LogP contribution in [-0.2, 0) is 5.75 Å². The molecule has 0 aliphatic heterocycles. The number of rotatable bonds is 5. The van der Waals surface area contributed by atoms with Crippen molar-refractivity contribution in [2.24, 2.45) is 5.92 Å². The Kier molecular flexibility index (Phi) is 6.29. The molecule has 1 aliphatic carbocycles. The van der Waals surface area contributed by atoms with E-state index >= 15 is 0 Å². The van der Waals surface area contributed by atoms with Gasteiger partial charge < -0.3 is 9.84 Å². The fourth-order valence-corrected chi connectivity index (χ4v) is 3.85. The lowest BCUT2D eigenvalue weighted by molar-refractivity contribution is 0.350. The molecule has 1 fully saturated rings. The van der Waals surface area contributed by atoms with Crippen molar-refractivity contribution in [2.75, 3.05) is 19.5 Å². The van der Waals surface area contributed by atoms with Crippen LogP contribution in [0.25, 0.3) is 0 Å². The molecule has 0 aromatic heterocycles. The van der Waals surface area contributed by atoms with Gasteiger partial charge in [-0.15, -0.1) is 0 Å². The van der Waals surface area contributed by atoms with Gasteiger partial charge in [0.1, 0.15) is 12.4 Å². The van der Waals surface area contributed by atoms with Crippen molar-refractivity contribution in [1.82, 2.24) is 0 Å². The van der Waals surface area contributed by atoms with E-state index in [0.717, 1.165) is 23.0 Å². The Balaban J connectivity index is 1.96. The highest BCUT2D eigenvalue weighted by molar-refractivity contribution is 7.98. The molecule has 0 atom stereocenters. The molecule has 0 radical (unpaired) electrons. The van der Waals surface area contributed by atoms with Gasteiger partial charge in [-0.05, 0) is 42.7 Å². The second kappa shape index (κ2) is 8.24. The first-order valence-corrected chi connectivity index (χ1v) is 8.33. The molecule has 1 aromatic rings. The summed E-state index contributed by atoms with van der Waals surface area (Å²) >= 11 is 1.99. The SMILES string of the molecule is COc1ccc(C#CCO)cc1CSCC1CCCC1. The molecule has 0 amide bonds. The molecule has 1 aromatic carbocycles. The summed E-state index contributed by atoms with van der Waals surface area (Å²) in [7, 11) is 1.71. The number of ether oxygens (including phenoxy) is 1. The van der Waals surface area contributed by atoms with Gasteiger partial charge in [0.05, 0.1) is 7.11 Å². The Hall–Kier alpha value is -1.11. The van der Waals surface area contributed by atoms with Gasteiger partial charge in [0, 0.05) is 16.9 Å². The number of aliphatic hydroxyl groups excluding tert-OH is 1. The fourth-order valence-electron chi connectivity index (χ4n) is 2.62. The van der Waals surface area contributed by atoms with Gasteiger partial charge in [0.2, 0.25) is 0 Å². The Morgan fingerprint density at radius 2 is 2.15 bits per heavy atom. The molecule has 1 N–H and O–H groups in total. The molecule has 2 nitrogen and oxygen atoms in total. The Labute approximate surface area is 125 Å². The zero-order valence-electron chi connectivity index (χ0n) is 12.0. The molecule has 1 aliphatic rings. The standard InChI is InChI=1S/C17H22O2S/c1-19-17-9-8-14(7-4-10-18)11-16(17)13-20-12-15-5-2-3-6-15/h8-9,11,15,18H,2-3,5-6,10,12-13H2,1H3. The van der Waals surface area contributed by atoms with Crippen LogP contribution in [0.5, 0.6) is 5.75 Å². The first kappa shape index (κ1) is 15.3. The van der Waals surface area contributed by atoms with Gasteiger partial charge in [-0.25, -0.2) is 0 Å². The summed E-state index contributed by atoms with van der Waals surface area (Å²) in [5, 5.41) is 8.76. The van der Waals surface area contributed by atoms with Crippen LogP contribution in [0.1, 0.15) is 36.8 Å². The molecule has 0 saturated heterocycles. The molecule has 108 valence electrons. The Morgan fingerprint density at radius 1 is 1.35 bits per heavy atom. The van der Waals surface area contributed by atoms with E-state index in [9.17, 15) is 0 Å². The van der Waals surface area contributed by atoms with Crippen LogP contribution in [-0.4, -0.2) is 24.6 Å². The van der Waals surface area contributed by atoms with E-state index in [0.29, 0.717) is 0 Å². The quantitative estimate of drug-likeness (QED) is 0.842. The van der Waals surface area contributed by atoms with Crippen LogP contribution < -0.4 is 4.74 Å². The zero-order valence-corrected chi connectivity index (χ0v) is 12.8. The summed E-state index contributed by atoms with van der Waals surface area (Å²) in [4.78, 5) is 0. The third-order valence-corrected chi connectivity index (χ3v) is 4.90. The lowest BCUT2D eigenvalue weighted by Crippen LogP contribution is -1.98. The van der Waals surface area contributed by atoms with Crippen LogP contribution in [0.4, 0.5) is 0 Å². The monoisotopic (exact) mass is 290 g/mol. The average Bonchev–Trinajstić information content (AvgIpc) is 2.98. The third-order valence-electron chi connectivity index (χ3n) is 3.68. The second-order valence-corrected chi connectivity index (χ2v) is 6.18. The topological polar surface area (TPSA) is 29.5 Å². The molecule has 0 heterocycles. The number of hydrogen-bond donors (Lipinski definition) is 1. The molecular weight excluding hydrogens is 268 g/mol. The maximum Gasteiger partial charge on any atom is 0.122 e. The number of thioether (sulfide) groups is 1. The van der Waals surface area contributed by atoms with Crippen LogP contribution >= 0.6 is 11.8 Å². The van der Waals surface area contributed by atoms with E-state index < -0.39 is 0 Å². The Morgan fingerprint density at radius 3 is 2.85 bits per heavy atom. The summed E-state index contributed by atoms with van der Waals surface area (Å²) in [5.74, 6) is 9.69. The third kappa shape index (κ3) is 4.47. The molecule has 3 heteroatoms. The normalized spacial score (nSPS) is 14.9. The van der Waals surface area contributed by atoms with Crippen molar-refractivity contribution in [1.29, 1.82) is 0 Å². The van der Waals surface area contributed by atoms with Crippen molar-refractivity contribution < 1.29 is 9.84 Å². The lowest BCUT2D eigenvalue weighted by atomic mass is 10.1. The molecule has 20 heavy (non-hydrogen) atoms. The van der Waals surface area contributed by atoms with Crippen LogP contribution in [0, 0.1) is 17.8 Å². The molecule has 1 saturated carbocycles. The highest BCUT2D eigenvalue weighted by Crippen LogP contribution is 2.31.